The Labute approximate surface area is 150 Å². The van der Waals surface area contributed by atoms with Gasteiger partial charge in [0, 0.05) is 18.2 Å². The van der Waals surface area contributed by atoms with E-state index in [9.17, 15) is 18.9 Å². The molecule has 0 aromatic carbocycles. The Morgan fingerprint density at radius 3 is 2.88 bits per heavy atom. The number of ether oxygens (including phenoxy) is 2. The lowest BCUT2D eigenvalue weighted by atomic mass is 10.1. The summed E-state index contributed by atoms with van der Waals surface area (Å²) >= 11 is 0. The first-order chi connectivity index (χ1) is 12.3. The molecular weight excluding hydrogens is 365 g/mol. The molecule has 1 aromatic rings. The Bertz CT molecular complexity index is 760. The number of esters is 1. The minimum absolute atomic E-state index is 0.00325. The van der Waals surface area contributed by atoms with Crippen LogP contribution in [0.3, 0.4) is 0 Å². The summed E-state index contributed by atoms with van der Waals surface area (Å²) in [5, 5.41) is 2.48. The molecule has 2 rings (SSSR count). The third-order valence-corrected chi connectivity index (χ3v) is 4.62. The molecule has 4 unspecified atom stereocenters. The number of nitrogens with one attached hydrogen (secondary N) is 2. The van der Waals surface area contributed by atoms with Crippen molar-refractivity contribution in [2.45, 2.75) is 45.6 Å². The maximum Gasteiger partial charge on any atom is 0.330 e. The van der Waals surface area contributed by atoms with Crippen LogP contribution in [0.25, 0.3) is 0 Å². The molecule has 0 radical (unpaired) electrons. The fraction of sp³-hybridized carbons (Fsp3) is 0.667. The SMILES string of the molecule is CC(C)OC(=O)CN[PH](=O)OCC1CC(C)C(n2ccc(=O)[nH]c2=O)O1. The zero-order chi connectivity index (χ0) is 19.3. The van der Waals surface area contributed by atoms with E-state index >= 15 is 0 Å². The van der Waals surface area contributed by atoms with Crippen LogP contribution in [0.15, 0.2) is 21.9 Å². The van der Waals surface area contributed by atoms with Crippen molar-refractivity contribution in [2.75, 3.05) is 13.2 Å². The summed E-state index contributed by atoms with van der Waals surface area (Å²) in [5.74, 6) is -0.506. The number of nitrogens with zero attached hydrogens (tertiary/aromatic N) is 1. The van der Waals surface area contributed by atoms with Crippen molar-refractivity contribution >= 4 is 14.1 Å². The van der Waals surface area contributed by atoms with E-state index in [0.29, 0.717) is 6.42 Å². The van der Waals surface area contributed by atoms with Crippen molar-refractivity contribution in [3.8, 4) is 0 Å². The second kappa shape index (κ2) is 9.27. The fourth-order valence-electron chi connectivity index (χ4n) is 2.66. The molecule has 1 aliphatic rings. The number of carbonyl (C=O) groups excluding carboxylic acids is 1. The first kappa shape index (κ1) is 20.6. The highest BCUT2D eigenvalue weighted by Gasteiger charge is 2.34. The van der Waals surface area contributed by atoms with Crippen LogP contribution < -0.4 is 16.3 Å². The molecule has 1 aliphatic heterocycles. The van der Waals surface area contributed by atoms with Gasteiger partial charge in [-0.05, 0) is 20.3 Å². The molecular formula is C15H24N3O7P. The molecule has 0 spiro atoms. The Balaban J connectivity index is 1.81. The van der Waals surface area contributed by atoms with Crippen LogP contribution in [0.5, 0.6) is 0 Å². The molecule has 2 N–H and O–H groups in total. The van der Waals surface area contributed by atoms with Crippen molar-refractivity contribution in [3.05, 3.63) is 33.1 Å². The molecule has 1 fully saturated rings. The average Bonchev–Trinajstić information content (AvgIpc) is 2.91. The number of rotatable bonds is 8. The van der Waals surface area contributed by atoms with E-state index < -0.39 is 31.6 Å². The van der Waals surface area contributed by atoms with Crippen LogP contribution in [0.4, 0.5) is 0 Å². The highest BCUT2D eigenvalue weighted by Crippen LogP contribution is 2.34. The van der Waals surface area contributed by atoms with E-state index in [1.807, 2.05) is 6.92 Å². The third kappa shape index (κ3) is 5.91. The summed E-state index contributed by atoms with van der Waals surface area (Å²) in [7, 11) is -2.62. The molecule has 26 heavy (non-hydrogen) atoms. The predicted molar refractivity (Wildman–Crippen MR) is 93.2 cm³/mol. The third-order valence-electron chi connectivity index (χ3n) is 3.72. The lowest BCUT2D eigenvalue weighted by Gasteiger charge is -2.17. The van der Waals surface area contributed by atoms with Gasteiger partial charge in [-0.2, -0.15) is 0 Å². The summed E-state index contributed by atoms with van der Waals surface area (Å²) in [5.41, 5.74) is -1.02. The number of hydrogen-bond donors (Lipinski definition) is 2. The zero-order valence-electron chi connectivity index (χ0n) is 14.9. The van der Waals surface area contributed by atoms with Crippen molar-refractivity contribution in [1.29, 1.82) is 0 Å². The van der Waals surface area contributed by atoms with Gasteiger partial charge in [-0.3, -0.25) is 23.7 Å². The number of aromatic nitrogens is 2. The van der Waals surface area contributed by atoms with Gasteiger partial charge < -0.3 is 14.0 Å². The first-order valence-corrected chi connectivity index (χ1v) is 9.65. The van der Waals surface area contributed by atoms with Crippen LogP contribution in [0.2, 0.25) is 0 Å². The molecule has 11 heteroatoms. The smallest absolute Gasteiger partial charge is 0.330 e. The normalized spacial score (nSPS) is 23.9. The van der Waals surface area contributed by atoms with E-state index in [2.05, 4.69) is 10.1 Å². The van der Waals surface area contributed by atoms with Gasteiger partial charge in [0.2, 0.25) is 0 Å². The van der Waals surface area contributed by atoms with E-state index in [0.717, 1.165) is 0 Å². The van der Waals surface area contributed by atoms with Gasteiger partial charge in [-0.1, -0.05) is 6.92 Å². The fourth-order valence-corrected chi connectivity index (χ4v) is 3.39. The summed E-state index contributed by atoms with van der Waals surface area (Å²) in [6, 6.07) is 1.25. The van der Waals surface area contributed by atoms with Crippen LogP contribution in [-0.2, 0) is 23.4 Å². The largest absolute Gasteiger partial charge is 0.462 e. The number of carbonyl (C=O) groups is 1. The minimum Gasteiger partial charge on any atom is -0.462 e. The molecule has 1 aromatic heterocycles. The van der Waals surface area contributed by atoms with Gasteiger partial charge in [-0.25, -0.2) is 9.88 Å². The van der Waals surface area contributed by atoms with Gasteiger partial charge in [0.05, 0.1) is 18.8 Å². The lowest BCUT2D eigenvalue weighted by Crippen LogP contribution is -2.33. The lowest BCUT2D eigenvalue weighted by molar-refractivity contribution is -0.145. The van der Waals surface area contributed by atoms with Gasteiger partial charge in [0.25, 0.3) is 13.7 Å². The Hall–Kier alpha value is -1.74. The van der Waals surface area contributed by atoms with Crippen LogP contribution in [0.1, 0.15) is 33.4 Å². The molecule has 0 bridgehead atoms. The standard InChI is InChI=1S/C15H24N3O7P/c1-9(2)24-13(20)7-16-26(22)23-8-11-6-10(3)14(25-11)18-5-4-12(19)17-15(18)21/h4-5,9-11,14,26H,6-8H2,1-3H3,(H,16,22)(H,17,19,21). The molecule has 10 nitrogen and oxygen atoms in total. The predicted octanol–water partition coefficient (Wildman–Crippen LogP) is 0.408. The average molecular weight is 389 g/mol. The summed E-state index contributed by atoms with van der Waals surface area (Å²) in [6.45, 7) is 5.21. The molecule has 1 saturated heterocycles. The van der Waals surface area contributed by atoms with Gasteiger partial charge in [0.1, 0.15) is 12.8 Å². The van der Waals surface area contributed by atoms with Crippen molar-refractivity contribution < 1.29 is 23.4 Å². The van der Waals surface area contributed by atoms with Gasteiger partial charge in [0.15, 0.2) is 0 Å². The maximum atomic E-state index is 11.9. The Morgan fingerprint density at radius 1 is 1.50 bits per heavy atom. The number of H-pyrrole nitrogens is 1. The monoisotopic (exact) mass is 389 g/mol. The minimum atomic E-state index is -2.62. The van der Waals surface area contributed by atoms with Crippen molar-refractivity contribution in [1.82, 2.24) is 14.6 Å². The number of hydrogen-bond acceptors (Lipinski definition) is 7. The van der Waals surface area contributed by atoms with E-state index in [-0.39, 0.29) is 31.3 Å². The second-order valence-corrected chi connectivity index (χ2v) is 7.59. The van der Waals surface area contributed by atoms with Crippen LogP contribution in [-0.4, -0.2) is 40.9 Å². The maximum absolute atomic E-state index is 11.9. The Morgan fingerprint density at radius 2 is 2.23 bits per heavy atom. The Kier molecular flexibility index (Phi) is 7.33. The quantitative estimate of drug-likeness (QED) is 0.483. The highest BCUT2D eigenvalue weighted by molar-refractivity contribution is 7.36. The first-order valence-electron chi connectivity index (χ1n) is 8.33. The van der Waals surface area contributed by atoms with E-state index in [1.54, 1.807) is 13.8 Å². The van der Waals surface area contributed by atoms with Crippen LogP contribution in [0, 0.1) is 5.92 Å². The van der Waals surface area contributed by atoms with Gasteiger partial charge in [-0.15, -0.1) is 0 Å². The van der Waals surface area contributed by atoms with E-state index in [4.69, 9.17) is 14.0 Å². The number of aromatic amines is 1. The molecule has 4 atom stereocenters. The van der Waals surface area contributed by atoms with Gasteiger partial charge >= 0.3 is 11.7 Å². The summed E-state index contributed by atoms with van der Waals surface area (Å²) < 4.78 is 29.0. The molecule has 0 aliphatic carbocycles. The summed E-state index contributed by atoms with van der Waals surface area (Å²) in [6.07, 6.45) is 0.850. The zero-order valence-corrected chi connectivity index (χ0v) is 15.9. The van der Waals surface area contributed by atoms with Crippen molar-refractivity contribution in [3.63, 3.8) is 0 Å². The topological polar surface area (TPSA) is 129 Å². The van der Waals surface area contributed by atoms with Crippen LogP contribution >= 0.6 is 8.18 Å². The highest BCUT2D eigenvalue weighted by atomic mass is 31.1. The second-order valence-electron chi connectivity index (χ2n) is 6.37. The summed E-state index contributed by atoms with van der Waals surface area (Å²) in [4.78, 5) is 36.6. The molecule has 2 heterocycles. The van der Waals surface area contributed by atoms with Crippen molar-refractivity contribution in [2.24, 2.45) is 5.92 Å². The molecule has 0 saturated carbocycles. The molecule has 146 valence electrons. The van der Waals surface area contributed by atoms with E-state index in [1.165, 1.54) is 16.8 Å². The molecule has 0 amide bonds.